The summed E-state index contributed by atoms with van der Waals surface area (Å²) >= 11 is 0. The van der Waals surface area contributed by atoms with Crippen LogP contribution in [0.4, 0.5) is 0 Å². The van der Waals surface area contributed by atoms with Crippen molar-refractivity contribution < 1.29 is 14.3 Å². The predicted octanol–water partition coefficient (Wildman–Crippen LogP) is 1.92. The lowest BCUT2D eigenvalue weighted by Gasteiger charge is -2.26. The van der Waals surface area contributed by atoms with E-state index in [1.54, 1.807) is 7.11 Å². The molecule has 1 amide bonds. The Labute approximate surface area is 144 Å². The standard InChI is InChI=1S/C17H26N2O3.ClH/c1-21-15-6-2-4-13(12-15)5-3-9-19-17(20)16(18)14-7-10-22-11-8-14;/h2,4,6,12,14,16H,3,5,7-11,18H2,1H3,(H,19,20);1H. The third-order valence-electron chi connectivity index (χ3n) is 4.15. The molecule has 130 valence electrons. The van der Waals surface area contributed by atoms with Crippen LogP contribution in [0.25, 0.3) is 0 Å². The number of nitrogens with one attached hydrogen (secondary N) is 1. The van der Waals surface area contributed by atoms with Crippen LogP contribution in [0.2, 0.25) is 0 Å². The van der Waals surface area contributed by atoms with Gasteiger partial charge in [0.2, 0.25) is 5.91 Å². The molecule has 1 aliphatic rings. The van der Waals surface area contributed by atoms with Gasteiger partial charge in [-0.25, -0.2) is 0 Å². The summed E-state index contributed by atoms with van der Waals surface area (Å²) in [6, 6.07) is 7.58. The van der Waals surface area contributed by atoms with Gasteiger partial charge in [0.25, 0.3) is 0 Å². The normalized spacial score (nSPS) is 16.3. The SMILES string of the molecule is COc1cccc(CCCNC(=O)C(N)C2CCOCC2)c1.Cl. The zero-order valence-electron chi connectivity index (χ0n) is 13.6. The zero-order valence-corrected chi connectivity index (χ0v) is 14.4. The number of halogens is 1. The largest absolute Gasteiger partial charge is 0.497 e. The lowest BCUT2D eigenvalue weighted by molar-refractivity contribution is -0.124. The first-order valence-electron chi connectivity index (χ1n) is 7.94. The fraction of sp³-hybridized carbons (Fsp3) is 0.588. The van der Waals surface area contributed by atoms with Gasteiger partial charge < -0.3 is 20.5 Å². The van der Waals surface area contributed by atoms with Crippen LogP contribution < -0.4 is 15.8 Å². The van der Waals surface area contributed by atoms with Crippen LogP contribution in [-0.4, -0.2) is 38.8 Å². The van der Waals surface area contributed by atoms with Crippen molar-refractivity contribution in [2.24, 2.45) is 11.7 Å². The van der Waals surface area contributed by atoms with E-state index in [2.05, 4.69) is 11.4 Å². The smallest absolute Gasteiger partial charge is 0.237 e. The third kappa shape index (κ3) is 6.37. The molecule has 0 spiro atoms. The molecular weight excluding hydrogens is 316 g/mol. The van der Waals surface area contributed by atoms with E-state index in [1.807, 2.05) is 18.2 Å². The molecule has 3 N–H and O–H groups in total. The molecule has 6 heteroatoms. The molecule has 1 saturated heterocycles. The maximum atomic E-state index is 12.1. The summed E-state index contributed by atoms with van der Waals surface area (Å²) in [7, 11) is 1.66. The number of carbonyl (C=O) groups is 1. The zero-order chi connectivity index (χ0) is 15.8. The summed E-state index contributed by atoms with van der Waals surface area (Å²) in [4.78, 5) is 12.1. The van der Waals surface area contributed by atoms with E-state index in [-0.39, 0.29) is 24.2 Å². The molecule has 1 aromatic carbocycles. The number of methoxy groups -OCH3 is 1. The molecule has 1 fully saturated rings. The maximum Gasteiger partial charge on any atom is 0.237 e. The molecule has 0 bridgehead atoms. The molecule has 1 atom stereocenters. The van der Waals surface area contributed by atoms with Gasteiger partial charge in [0.05, 0.1) is 13.2 Å². The van der Waals surface area contributed by atoms with E-state index in [4.69, 9.17) is 15.2 Å². The van der Waals surface area contributed by atoms with Crippen molar-refractivity contribution in [2.75, 3.05) is 26.9 Å². The van der Waals surface area contributed by atoms with Crippen molar-refractivity contribution in [1.29, 1.82) is 0 Å². The predicted molar refractivity (Wildman–Crippen MR) is 93.1 cm³/mol. The minimum atomic E-state index is -0.416. The number of hydrogen-bond acceptors (Lipinski definition) is 4. The van der Waals surface area contributed by atoms with Gasteiger partial charge in [-0.15, -0.1) is 12.4 Å². The van der Waals surface area contributed by atoms with E-state index in [0.29, 0.717) is 19.8 Å². The maximum absolute atomic E-state index is 12.1. The van der Waals surface area contributed by atoms with E-state index in [9.17, 15) is 4.79 Å². The fourth-order valence-electron chi connectivity index (χ4n) is 2.74. The highest BCUT2D eigenvalue weighted by atomic mass is 35.5. The topological polar surface area (TPSA) is 73.6 Å². The number of ether oxygens (including phenoxy) is 2. The summed E-state index contributed by atoms with van der Waals surface area (Å²) in [5, 5.41) is 2.94. The van der Waals surface area contributed by atoms with Crippen molar-refractivity contribution in [2.45, 2.75) is 31.7 Å². The number of rotatable bonds is 7. The molecule has 5 nitrogen and oxygen atoms in total. The minimum Gasteiger partial charge on any atom is -0.497 e. The second-order valence-corrected chi connectivity index (χ2v) is 5.72. The number of amides is 1. The van der Waals surface area contributed by atoms with Gasteiger partial charge in [-0.3, -0.25) is 4.79 Å². The summed E-state index contributed by atoms with van der Waals surface area (Å²) < 4.78 is 10.5. The molecule has 1 aliphatic heterocycles. The molecule has 1 unspecified atom stereocenters. The highest BCUT2D eigenvalue weighted by Gasteiger charge is 2.26. The average Bonchev–Trinajstić information content (AvgIpc) is 2.58. The summed E-state index contributed by atoms with van der Waals surface area (Å²) in [6.45, 7) is 2.07. The quantitative estimate of drug-likeness (QED) is 0.742. The van der Waals surface area contributed by atoms with Crippen LogP contribution in [0.1, 0.15) is 24.8 Å². The first-order valence-corrected chi connectivity index (χ1v) is 7.94. The Morgan fingerprint density at radius 3 is 2.87 bits per heavy atom. The van der Waals surface area contributed by atoms with Gasteiger partial charge in [-0.05, 0) is 49.3 Å². The second kappa shape index (κ2) is 10.5. The average molecular weight is 343 g/mol. The molecule has 0 aliphatic carbocycles. The van der Waals surface area contributed by atoms with Crippen LogP contribution >= 0.6 is 12.4 Å². The van der Waals surface area contributed by atoms with Crippen LogP contribution in [-0.2, 0) is 16.0 Å². The van der Waals surface area contributed by atoms with Crippen LogP contribution in [0.5, 0.6) is 5.75 Å². The number of hydrogen-bond donors (Lipinski definition) is 2. The van der Waals surface area contributed by atoms with E-state index in [0.717, 1.165) is 31.4 Å². The Balaban J connectivity index is 0.00000264. The fourth-order valence-corrected chi connectivity index (χ4v) is 2.74. The number of benzene rings is 1. The monoisotopic (exact) mass is 342 g/mol. The number of nitrogens with two attached hydrogens (primary N) is 1. The number of carbonyl (C=O) groups excluding carboxylic acids is 1. The molecule has 23 heavy (non-hydrogen) atoms. The van der Waals surface area contributed by atoms with Crippen molar-refractivity contribution in [3.8, 4) is 5.75 Å². The van der Waals surface area contributed by atoms with Crippen LogP contribution in [0.3, 0.4) is 0 Å². The van der Waals surface area contributed by atoms with Gasteiger partial charge in [0.15, 0.2) is 0 Å². The van der Waals surface area contributed by atoms with E-state index >= 15 is 0 Å². The van der Waals surface area contributed by atoms with Crippen molar-refractivity contribution in [3.63, 3.8) is 0 Å². The third-order valence-corrected chi connectivity index (χ3v) is 4.15. The Kier molecular flexibility index (Phi) is 8.99. The Hall–Kier alpha value is -1.30. The summed E-state index contributed by atoms with van der Waals surface area (Å²) in [5.74, 6) is 1.06. The second-order valence-electron chi connectivity index (χ2n) is 5.72. The van der Waals surface area contributed by atoms with Gasteiger partial charge in [-0.2, -0.15) is 0 Å². The van der Waals surface area contributed by atoms with E-state index in [1.165, 1.54) is 5.56 Å². The molecule has 1 heterocycles. The Bertz CT molecular complexity index is 479. The lowest BCUT2D eigenvalue weighted by Crippen LogP contribution is -2.47. The Morgan fingerprint density at radius 1 is 1.43 bits per heavy atom. The van der Waals surface area contributed by atoms with Crippen molar-refractivity contribution in [1.82, 2.24) is 5.32 Å². The lowest BCUT2D eigenvalue weighted by atomic mass is 9.92. The van der Waals surface area contributed by atoms with Crippen molar-refractivity contribution >= 4 is 18.3 Å². The highest BCUT2D eigenvalue weighted by molar-refractivity contribution is 5.85. The molecule has 1 aromatic rings. The molecule has 0 aromatic heterocycles. The number of aryl methyl sites for hydroxylation is 1. The Morgan fingerprint density at radius 2 is 2.17 bits per heavy atom. The van der Waals surface area contributed by atoms with Gasteiger partial charge in [0.1, 0.15) is 5.75 Å². The van der Waals surface area contributed by atoms with Crippen LogP contribution in [0.15, 0.2) is 24.3 Å². The van der Waals surface area contributed by atoms with Gasteiger partial charge >= 0.3 is 0 Å². The minimum absolute atomic E-state index is 0. The molecule has 2 rings (SSSR count). The first-order chi connectivity index (χ1) is 10.7. The molecule has 0 saturated carbocycles. The first kappa shape index (κ1) is 19.7. The van der Waals surface area contributed by atoms with Gasteiger partial charge in [0, 0.05) is 19.8 Å². The summed E-state index contributed by atoms with van der Waals surface area (Å²) in [6.07, 6.45) is 3.54. The van der Waals surface area contributed by atoms with E-state index < -0.39 is 6.04 Å². The molecule has 0 radical (unpaired) electrons. The van der Waals surface area contributed by atoms with Crippen molar-refractivity contribution in [3.05, 3.63) is 29.8 Å². The highest BCUT2D eigenvalue weighted by Crippen LogP contribution is 2.17. The molecular formula is C17H27ClN2O3. The van der Waals surface area contributed by atoms with Crippen LogP contribution in [0, 0.1) is 5.92 Å². The summed E-state index contributed by atoms with van der Waals surface area (Å²) in [5.41, 5.74) is 7.25. The van der Waals surface area contributed by atoms with Gasteiger partial charge in [-0.1, -0.05) is 12.1 Å².